The van der Waals surface area contributed by atoms with Crippen LogP contribution in [-0.4, -0.2) is 51.8 Å². The van der Waals surface area contributed by atoms with Gasteiger partial charge in [0.2, 0.25) is 11.8 Å². The number of aliphatic hydroxyl groups is 1. The lowest BCUT2D eigenvalue weighted by Gasteiger charge is -2.41. The molecule has 1 saturated carbocycles. The van der Waals surface area contributed by atoms with Crippen LogP contribution in [0.5, 0.6) is 0 Å². The third kappa shape index (κ3) is 3.33. The Morgan fingerprint density at radius 2 is 1.97 bits per heavy atom. The fourth-order valence-corrected chi connectivity index (χ4v) is 4.83. The van der Waals surface area contributed by atoms with Crippen molar-refractivity contribution < 1.29 is 27.9 Å². The molecule has 4 rings (SSSR count). The summed E-state index contributed by atoms with van der Waals surface area (Å²) in [5, 5.41) is 11.9. The molecule has 3 aliphatic rings. The Morgan fingerprint density at radius 1 is 1.24 bits per heavy atom. The number of amides is 2. The summed E-state index contributed by atoms with van der Waals surface area (Å²) >= 11 is 0. The summed E-state index contributed by atoms with van der Waals surface area (Å²) in [5.41, 5.74) is 0.116. The number of nitrogens with zero attached hydrogens (tertiary/aromatic N) is 2. The van der Waals surface area contributed by atoms with Crippen molar-refractivity contribution in [3.05, 3.63) is 34.2 Å². The molecule has 2 bridgehead atoms. The molecule has 7 nitrogen and oxygen atoms in total. The van der Waals surface area contributed by atoms with Crippen LogP contribution < -0.4 is 10.9 Å². The Labute approximate surface area is 164 Å². The van der Waals surface area contributed by atoms with E-state index >= 15 is 0 Å². The van der Waals surface area contributed by atoms with E-state index < -0.39 is 49.2 Å². The van der Waals surface area contributed by atoms with Gasteiger partial charge in [0, 0.05) is 36.7 Å². The normalized spacial score (nSPS) is 28.6. The van der Waals surface area contributed by atoms with E-state index in [0.717, 1.165) is 19.3 Å². The van der Waals surface area contributed by atoms with Crippen molar-refractivity contribution >= 4 is 11.8 Å². The number of nitrogens with one attached hydrogen (secondary N) is 1. The molecule has 158 valence electrons. The van der Waals surface area contributed by atoms with Gasteiger partial charge in [0.05, 0.1) is 18.0 Å². The van der Waals surface area contributed by atoms with Crippen LogP contribution in [-0.2, 0) is 16.1 Å². The molecule has 29 heavy (non-hydrogen) atoms. The van der Waals surface area contributed by atoms with E-state index in [1.54, 1.807) is 11.0 Å². The highest BCUT2D eigenvalue weighted by molar-refractivity contribution is 5.85. The minimum Gasteiger partial charge on any atom is -0.396 e. The van der Waals surface area contributed by atoms with E-state index in [0.29, 0.717) is 5.69 Å². The molecular weight excluding hydrogens is 391 g/mol. The molecule has 2 fully saturated rings. The van der Waals surface area contributed by atoms with E-state index in [4.69, 9.17) is 0 Å². The lowest BCUT2D eigenvalue weighted by Crippen LogP contribution is -2.51. The summed E-state index contributed by atoms with van der Waals surface area (Å²) in [7, 11) is 0. The Hall–Kier alpha value is -2.36. The van der Waals surface area contributed by atoms with E-state index in [1.165, 1.54) is 16.7 Å². The Bertz CT molecular complexity index is 880. The number of rotatable bonds is 4. The highest BCUT2D eigenvalue weighted by Gasteiger charge is 2.58. The van der Waals surface area contributed by atoms with Crippen LogP contribution in [0, 0.1) is 17.8 Å². The van der Waals surface area contributed by atoms with Gasteiger partial charge >= 0.3 is 6.18 Å². The monoisotopic (exact) mass is 413 g/mol. The van der Waals surface area contributed by atoms with Crippen molar-refractivity contribution in [2.24, 2.45) is 17.8 Å². The van der Waals surface area contributed by atoms with Crippen LogP contribution >= 0.6 is 0 Å². The number of carbonyl (C=O) groups excluding carboxylic acids is 2. The molecule has 10 heteroatoms. The molecule has 0 unspecified atom stereocenters. The summed E-state index contributed by atoms with van der Waals surface area (Å²) < 4.78 is 39.4. The van der Waals surface area contributed by atoms with Gasteiger partial charge in [0.1, 0.15) is 6.54 Å². The van der Waals surface area contributed by atoms with Gasteiger partial charge < -0.3 is 19.9 Å². The predicted molar refractivity (Wildman–Crippen MR) is 94.5 cm³/mol. The van der Waals surface area contributed by atoms with Crippen molar-refractivity contribution in [1.29, 1.82) is 0 Å². The lowest BCUT2D eigenvalue weighted by molar-refractivity contribution is -0.145. The van der Waals surface area contributed by atoms with E-state index in [-0.39, 0.29) is 23.9 Å². The molecule has 0 radical (unpaired) electrons. The van der Waals surface area contributed by atoms with E-state index in [1.807, 2.05) is 5.32 Å². The SMILES string of the molecule is O=C(NCC(F)(F)F)[C@@H]1[C@@H](CO)[C@@H]2Cn3c(cccc3=O)[C@H]1N2C(=O)C1CCC1. The number of carbonyl (C=O) groups is 2. The summed E-state index contributed by atoms with van der Waals surface area (Å²) in [4.78, 5) is 39.8. The first-order valence-electron chi connectivity index (χ1n) is 9.70. The molecule has 4 atom stereocenters. The van der Waals surface area contributed by atoms with Gasteiger partial charge in [-0.3, -0.25) is 14.4 Å². The smallest absolute Gasteiger partial charge is 0.396 e. The molecule has 0 aromatic carbocycles. The Balaban J connectivity index is 1.75. The lowest BCUT2D eigenvalue weighted by atomic mass is 9.83. The second kappa shape index (κ2) is 7.16. The fourth-order valence-electron chi connectivity index (χ4n) is 4.83. The van der Waals surface area contributed by atoms with E-state index in [2.05, 4.69) is 0 Å². The number of pyridine rings is 1. The summed E-state index contributed by atoms with van der Waals surface area (Å²) in [6.07, 6.45) is -2.20. The minimum absolute atomic E-state index is 0.109. The maximum atomic E-state index is 13.1. The quantitative estimate of drug-likeness (QED) is 0.765. The van der Waals surface area contributed by atoms with Gasteiger partial charge in [-0.25, -0.2) is 0 Å². The molecule has 1 aromatic rings. The second-order valence-corrected chi connectivity index (χ2v) is 7.99. The summed E-state index contributed by atoms with van der Waals surface area (Å²) in [6.45, 7) is -1.85. The zero-order chi connectivity index (χ0) is 20.9. The van der Waals surface area contributed by atoms with Crippen LogP contribution in [0.2, 0.25) is 0 Å². The molecule has 1 saturated heterocycles. The number of fused-ring (bicyclic) bond motifs is 4. The molecular formula is C19H22F3N3O4. The topological polar surface area (TPSA) is 91.6 Å². The zero-order valence-corrected chi connectivity index (χ0v) is 15.6. The average Bonchev–Trinajstić information content (AvgIpc) is 2.85. The van der Waals surface area contributed by atoms with Crippen LogP contribution in [0.25, 0.3) is 0 Å². The second-order valence-electron chi connectivity index (χ2n) is 7.99. The van der Waals surface area contributed by atoms with Crippen molar-refractivity contribution in [2.45, 2.75) is 44.1 Å². The first-order valence-corrected chi connectivity index (χ1v) is 9.70. The zero-order valence-electron chi connectivity index (χ0n) is 15.6. The minimum atomic E-state index is -4.58. The van der Waals surface area contributed by atoms with Gasteiger partial charge in [0.25, 0.3) is 5.56 Å². The van der Waals surface area contributed by atoms with Crippen molar-refractivity contribution in [3.8, 4) is 0 Å². The molecule has 2 aliphatic heterocycles. The summed E-state index contributed by atoms with van der Waals surface area (Å²) in [5.74, 6) is -3.02. The van der Waals surface area contributed by atoms with Crippen LogP contribution in [0.3, 0.4) is 0 Å². The maximum Gasteiger partial charge on any atom is 0.405 e. The largest absolute Gasteiger partial charge is 0.405 e. The molecule has 1 aliphatic carbocycles. The van der Waals surface area contributed by atoms with Crippen LogP contribution in [0.4, 0.5) is 13.2 Å². The highest BCUT2D eigenvalue weighted by atomic mass is 19.4. The molecule has 2 N–H and O–H groups in total. The van der Waals surface area contributed by atoms with E-state index in [9.17, 15) is 32.7 Å². The highest BCUT2D eigenvalue weighted by Crippen LogP contribution is 2.49. The third-order valence-electron chi connectivity index (χ3n) is 6.39. The average molecular weight is 413 g/mol. The summed E-state index contributed by atoms with van der Waals surface area (Å²) in [6, 6.07) is 3.00. The Morgan fingerprint density at radius 3 is 2.55 bits per heavy atom. The number of halogens is 3. The first-order chi connectivity index (χ1) is 13.7. The number of alkyl halides is 3. The fraction of sp³-hybridized carbons (Fsp3) is 0.632. The number of aliphatic hydroxyl groups excluding tert-OH is 1. The Kier molecular flexibility index (Phi) is 4.92. The van der Waals surface area contributed by atoms with Gasteiger partial charge in [-0.2, -0.15) is 13.2 Å². The van der Waals surface area contributed by atoms with Gasteiger partial charge in [-0.15, -0.1) is 0 Å². The standard InChI is InChI=1S/C19H22F3N3O4/c20-19(21,22)9-23-17(28)15-11(8-26)13-7-24-12(5-2-6-14(24)27)16(15)25(13)18(29)10-3-1-4-10/h2,5-6,10-11,13,15-16,26H,1,3-4,7-9H2,(H,23,28)/t11-,13-,15+,16+/m0/s1. The third-order valence-corrected chi connectivity index (χ3v) is 6.39. The van der Waals surface area contributed by atoms with Crippen LogP contribution in [0.15, 0.2) is 23.0 Å². The predicted octanol–water partition coefficient (Wildman–Crippen LogP) is 0.817. The van der Waals surface area contributed by atoms with Crippen molar-refractivity contribution in [1.82, 2.24) is 14.8 Å². The van der Waals surface area contributed by atoms with Crippen molar-refractivity contribution in [3.63, 3.8) is 0 Å². The van der Waals surface area contributed by atoms with Crippen molar-refractivity contribution in [2.75, 3.05) is 13.2 Å². The van der Waals surface area contributed by atoms with Gasteiger partial charge in [0.15, 0.2) is 0 Å². The maximum absolute atomic E-state index is 13.1. The molecule has 0 spiro atoms. The van der Waals surface area contributed by atoms with Crippen LogP contribution in [0.1, 0.15) is 31.0 Å². The number of aromatic nitrogens is 1. The van der Waals surface area contributed by atoms with Gasteiger partial charge in [-0.1, -0.05) is 12.5 Å². The molecule has 1 aromatic heterocycles. The van der Waals surface area contributed by atoms with Gasteiger partial charge in [-0.05, 0) is 18.9 Å². The number of hydrogen-bond acceptors (Lipinski definition) is 4. The molecule has 2 amide bonds. The molecule has 3 heterocycles. The first kappa shape index (κ1) is 19.9. The number of hydrogen-bond donors (Lipinski definition) is 2.